The number of aromatic nitrogens is 2. The molecule has 1 rings (SSSR count). The standard InChI is InChI=1S/C5H5ClN4O/c1-7-5-3(10-11)4(6)8-2-9-5/h2H,1H3,(H,7,8,9). The lowest BCUT2D eigenvalue weighted by molar-refractivity contribution is 1.15. The monoisotopic (exact) mass is 172 g/mol. The lowest BCUT2D eigenvalue weighted by Crippen LogP contribution is -1.93. The molecule has 1 N–H and O–H groups in total. The summed E-state index contributed by atoms with van der Waals surface area (Å²) in [5, 5.41) is 5.38. The van der Waals surface area contributed by atoms with Gasteiger partial charge in [0.05, 0.1) is 0 Å². The zero-order chi connectivity index (χ0) is 8.27. The molecule has 5 nitrogen and oxygen atoms in total. The Kier molecular flexibility index (Phi) is 2.32. The van der Waals surface area contributed by atoms with Crippen molar-refractivity contribution in [2.45, 2.75) is 0 Å². The number of hydrogen-bond donors (Lipinski definition) is 1. The maximum Gasteiger partial charge on any atom is 0.187 e. The summed E-state index contributed by atoms with van der Waals surface area (Å²) >= 11 is 5.52. The molecule has 0 radical (unpaired) electrons. The fraction of sp³-hybridized carbons (Fsp3) is 0.200. The van der Waals surface area contributed by atoms with Gasteiger partial charge in [-0.25, -0.2) is 9.97 Å². The molecule has 1 aromatic rings. The number of anilines is 1. The van der Waals surface area contributed by atoms with Crippen molar-refractivity contribution >= 4 is 23.1 Å². The number of hydrogen-bond acceptors (Lipinski definition) is 5. The van der Waals surface area contributed by atoms with Crippen molar-refractivity contribution in [2.24, 2.45) is 5.18 Å². The Bertz CT molecular complexity index is 277. The SMILES string of the molecule is CNc1ncnc(Cl)c1N=O. The van der Waals surface area contributed by atoms with E-state index >= 15 is 0 Å². The highest BCUT2D eigenvalue weighted by Gasteiger charge is 2.07. The molecule has 0 aliphatic carbocycles. The summed E-state index contributed by atoms with van der Waals surface area (Å²) in [5.41, 5.74) is 0.0386. The summed E-state index contributed by atoms with van der Waals surface area (Å²) in [6, 6.07) is 0. The fourth-order valence-electron chi connectivity index (χ4n) is 0.621. The van der Waals surface area contributed by atoms with Crippen molar-refractivity contribution < 1.29 is 0 Å². The van der Waals surface area contributed by atoms with Crippen LogP contribution in [0.5, 0.6) is 0 Å². The Hall–Kier alpha value is -1.23. The van der Waals surface area contributed by atoms with Crippen LogP contribution in [0.25, 0.3) is 0 Å². The van der Waals surface area contributed by atoms with Gasteiger partial charge in [-0.2, -0.15) is 0 Å². The highest BCUT2D eigenvalue weighted by atomic mass is 35.5. The third-order valence-electron chi connectivity index (χ3n) is 1.11. The van der Waals surface area contributed by atoms with Crippen LogP contribution in [0.2, 0.25) is 5.15 Å². The molecule has 6 heteroatoms. The molecule has 0 spiro atoms. The molecule has 0 bridgehead atoms. The van der Waals surface area contributed by atoms with Gasteiger partial charge in [0, 0.05) is 7.05 Å². The summed E-state index contributed by atoms with van der Waals surface area (Å²) in [4.78, 5) is 17.5. The van der Waals surface area contributed by atoms with Crippen LogP contribution in [0, 0.1) is 4.91 Å². The predicted molar refractivity (Wildman–Crippen MR) is 42.0 cm³/mol. The maximum atomic E-state index is 10.2. The van der Waals surface area contributed by atoms with E-state index in [1.165, 1.54) is 6.33 Å². The van der Waals surface area contributed by atoms with Gasteiger partial charge in [0.2, 0.25) is 0 Å². The van der Waals surface area contributed by atoms with Gasteiger partial charge in [-0.05, 0) is 5.18 Å². The highest BCUT2D eigenvalue weighted by Crippen LogP contribution is 2.27. The van der Waals surface area contributed by atoms with Gasteiger partial charge < -0.3 is 5.32 Å². The van der Waals surface area contributed by atoms with E-state index in [4.69, 9.17) is 11.6 Å². The lowest BCUT2D eigenvalue weighted by atomic mass is 10.5. The normalized spacial score (nSPS) is 9.27. The van der Waals surface area contributed by atoms with Gasteiger partial charge in [-0.1, -0.05) is 11.6 Å². The number of nitroso groups, excluding NO2 is 1. The van der Waals surface area contributed by atoms with Crippen LogP contribution in [0.15, 0.2) is 11.5 Å². The van der Waals surface area contributed by atoms with Gasteiger partial charge >= 0.3 is 0 Å². The number of rotatable bonds is 2. The topological polar surface area (TPSA) is 67.2 Å². The van der Waals surface area contributed by atoms with E-state index in [2.05, 4.69) is 20.5 Å². The van der Waals surface area contributed by atoms with Crippen molar-refractivity contribution in [3.05, 3.63) is 16.4 Å². The van der Waals surface area contributed by atoms with Crippen LogP contribution >= 0.6 is 11.6 Å². The lowest BCUT2D eigenvalue weighted by Gasteiger charge is -1.99. The first kappa shape index (κ1) is 7.87. The number of nitrogens with one attached hydrogen (secondary N) is 1. The van der Waals surface area contributed by atoms with E-state index in [0.717, 1.165) is 0 Å². The van der Waals surface area contributed by atoms with Crippen LogP contribution in [-0.2, 0) is 0 Å². The molecule has 0 amide bonds. The largest absolute Gasteiger partial charge is 0.371 e. The molecule has 1 heterocycles. The number of halogens is 1. The molecule has 11 heavy (non-hydrogen) atoms. The molecule has 0 aliphatic heterocycles. The highest BCUT2D eigenvalue weighted by molar-refractivity contribution is 6.32. The average molecular weight is 173 g/mol. The molecule has 0 atom stereocenters. The summed E-state index contributed by atoms with van der Waals surface area (Å²) in [6.45, 7) is 0. The quantitative estimate of drug-likeness (QED) is 0.543. The summed E-state index contributed by atoms with van der Waals surface area (Å²) in [7, 11) is 1.62. The minimum atomic E-state index is 0.0386. The fourth-order valence-corrected chi connectivity index (χ4v) is 0.789. The summed E-state index contributed by atoms with van der Waals surface area (Å²) in [6.07, 6.45) is 1.25. The first-order valence-corrected chi connectivity index (χ1v) is 3.19. The van der Waals surface area contributed by atoms with E-state index in [9.17, 15) is 4.91 Å². The van der Waals surface area contributed by atoms with Crippen LogP contribution in [0.3, 0.4) is 0 Å². The van der Waals surface area contributed by atoms with Crippen molar-refractivity contribution in [1.29, 1.82) is 0 Å². The summed E-state index contributed by atoms with van der Waals surface area (Å²) < 4.78 is 0. The second-order valence-corrected chi connectivity index (χ2v) is 2.06. The van der Waals surface area contributed by atoms with Crippen molar-refractivity contribution in [3.63, 3.8) is 0 Å². The molecule has 0 aliphatic rings. The zero-order valence-electron chi connectivity index (χ0n) is 5.71. The molecule has 1 aromatic heterocycles. The van der Waals surface area contributed by atoms with E-state index in [1.54, 1.807) is 7.05 Å². The van der Waals surface area contributed by atoms with E-state index < -0.39 is 0 Å². The van der Waals surface area contributed by atoms with Crippen LogP contribution < -0.4 is 5.32 Å². The first-order valence-electron chi connectivity index (χ1n) is 2.81. The molecule has 0 unspecified atom stereocenters. The maximum absolute atomic E-state index is 10.2. The molecule has 0 saturated carbocycles. The van der Waals surface area contributed by atoms with Crippen LogP contribution in [0.1, 0.15) is 0 Å². The second-order valence-electron chi connectivity index (χ2n) is 1.70. The third-order valence-corrected chi connectivity index (χ3v) is 1.38. The molecule has 0 aromatic carbocycles. The third kappa shape index (κ3) is 1.43. The second kappa shape index (κ2) is 3.25. The van der Waals surface area contributed by atoms with Gasteiger partial charge in [0.15, 0.2) is 16.7 Å². The Morgan fingerprint density at radius 3 is 2.82 bits per heavy atom. The summed E-state index contributed by atoms with van der Waals surface area (Å²) in [5.74, 6) is 0.333. The van der Waals surface area contributed by atoms with Crippen molar-refractivity contribution in [3.8, 4) is 0 Å². The first-order chi connectivity index (χ1) is 5.29. The van der Waals surface area contributed by atoms with E-state index in [-0.39, 0.29) is 10.8 Å². The molecule has 0 saturated heterocycles. The van der Waals surface area contributed by atoms with Crippen molar-refractivity contribution in [1.82, 2.24) is 9.97 Å². The zero-order valence-corrected chi connectivity index (χ0v) is 6.46. The molecular weight excluding hydrogens is 168 g/mol. The number of nitrogens with zero attached hydrogens (tertiary/aromatic N) is 3. The van der Waals surface area contributed by atoms with Crippen molar-refractivity contribution in [2.75, 3.05) is 12.4 Å². The minimum absolute atomic E-state index is 0.0386. The van der Waals surface area contributed by atoms with Gasteiger partial charge in [-0.15, -0.1) is 4.91 Å². The minimum Gasteiger partial charge on any atom is -0.371 e. The Morgan fingerprint density at radius 1 is 1.64 bits per heavy atom. The van der Waals surface area contributed by atoms with E-state index in [1.807, 2.05) is 0 Å². The smallest absolute Gasteiger partial charge is 0.187 e. The van der Waals surface area contributed by atoms with Gasteiger partial charge in [0.25, 0.3) is 0 Å². The van der Waals surface area contributed by atoms with Crippen LogP contribution in [-0.4, -0.2) is 17.0 Å². The Morgan fingerprint density at radius 2 is 2.36 bits per heavy atom. The van der Waals surface area contributed by atoms with Gasteiger partial charge in [0.1, 0.15) is 6.33 Å². The Labute approximate surface area is 67.8 Å². The van der Waals surface area contributed by atoms with E-state index in [0.29, 0.717) is 5.82 Å². The van der Waals surface area contributed by atoms with Gasteiger partial charge in [-0.3, -0.25) is 0 Å². The molecular formula is C5H5ClN4O. The molecule has 0 fully saturated rings. The molecule has 58 valence electrons. The predicted octanol–water partition coefficient (Wildman–Crippen LogP) is 1.57. The Balaban J connectivity index is 3.24. The average Bonchev–Trinajstić information content (AvgIpc) is 2.04. The van der Waals surface area contributed by atoms with Crippen LogP contribution in [0.4, 0.5) is 11.5 Å².